The summed E-state index contributed by atoms with van der Waals surface area (Å²) in [6.45, 7) is 6.08. The predicted molar refractivity (Wildman–Crippen MR) is 161 cm³/mol. The summed E-state index contributed by atoms with van der Waals surface area (Å²) in [7, 11) is -8.68. The van der Waals surface area contributed by atoms with Crippen molar-refractivity contribution >= 4 is 64.6 Å². The van der Waals surface area contributed by atoms with Gasteiger partial charge in [-0.15, -0.1) is 4.57 Å². The number of fused-ring (bicyclic) bond motifs is 5. The van der Waals surface area contributed by atoms with Crippen LogP contribution in [0.3, 0.4) is 0 Å². The van der Waals surface area contributed by atoms with Crippen LogP contribution in [0.2, 0.25) is 0 Å². The predicted octanol–water partition coefficient (Wildman–Crippen LogP) is 5.27. The van der Waals surface area contributed by atoms with Crippen molar-refractivity contribution in [3.05, 3.63) is 83.1 Å². The third kappa shape index (κ3) is 5.22. The molecule has 1 aromatic heterocycles. The molecule has 10 nitrogen and oxygen atoms in total. The molecule has 4 aromatic carbocycles. The summed E-state index contributed by atoms with van der Waals surface area (Å²) >= 11 is 0. The van der Waals surface area contributed by atoms with Crippen molar-refractivity contribution in [1.29, 1.82) is 0 Å². The average molecular weight is 610 g/mol. The van der Waals surface area contributed by atoms with Gasteiger partial charge in [-0.3, -0.25) is 9.11 Å². The Morgan fingerprint density at radius 2 is 1.60 bits per heavy atom. The third-order valence-electron chi connectivity index (χ3n) is 7.73. The molecular formula is C30H29N2O8S2+. The Bertz CT molecular complexity index is 2170. The van der Waals surface area contributed by atoms with E-state index in [-0.39, 0.29) is 24.7 Å². The zero-order valence-corrected chi connectivity index (χ0v) is 24.8. The zero-order valence-electron chi connectivity index (χ0n) is 23.2. The lowest BCUT2D eigenvalue weighted by atomic mass is 10.0. The molecule has 218 valence electrons. The van der Waals surface area contributed by atoms with E-state index in [4.69, 9.17) is 9.15 Å². The molecule has 42 heavy (non-hydrogen) atoms. The van der Waals surface area contributed by atoms with Crippen LogP contribution in [-0.2, 0) is 26.1 Å². The normalized spacial score (nSPS) is 14.8. The minimum atomic E-state index is -4.50. The molecule has 0 amide bonds. The van der Waals surface area contributed by atoms with Crippen LogP contribution < -0.4 is 14.2 Å². The van der Waals surface area contributed by atoms with Crippen molar-refractivity contribution in [1.82, 2.24) is 0 Å². The van der Waals surface area contributed by atoms with Gasteiger partial charge in [0, 0.05) is 6.54 Å². The number of rotatable bonds is 7. The molecule has 0 saturated carbocycles. The summed E-state index contributed by atoms with van der Waals surface area (Å²) in [5.41, 5.74) is 4.63. The second-order valence-electron chi connectivity index (χ2n) is 10.6. The van der Waals surface area contributed by atoms with E-state index in [0.29, 0.717) is 16.8 Å². The Morgan fingerprint density at radius 1 is 0.881 bits per heavy atom. The number of aryl methyl sites for hydroxylation is 1. The summed E-state index contributed by atoms with van der Waals surface area (Å²) in [6, 6.07) is 17.3. The van der Waals surface area contributed by atoms with E-state index in [9.17, 15) is 25.9 Å². The lowest BCUT2D eigenvalue weighted by Crippen LogP contribution is -2.39. The second kappa shape index (κ2) is 10.1. The van der Waals surface area contributed by atoms with Gasteiger partial charge >= 0.3 is 16.0 Å². The lowest BCUT2D eigenvalue weighted by Gasteiger charge is -2.20. The van der Waals surface area contributed by atoms with Crippen LogP contribution >= 0.6 is 0 Å². The summed E-state index contributed by atoms with van der Waals surface area (Å²) in [4.78, 5) is 1.79. The monoisotopic (exact) mass is 609 g/mol. The molecule has 6 rings (SSSR count). The van der Waals surface area contributed by atoms with Crippen molar-refractivity contribution in [2.45, 2.75) is 33.1 Å². The SMILES string of the molecule is Cc1cc2c(c(C)c1C)N(CCCS(=O)(=O)O)C(=Cc1oc3ccc4cc5ccccc5cc4c3[n+]1CS(=O)(=O)O)O2. The zero-order chi connectivity index (χ0) is 30.0. The summed E-state index contributed by atoms with van der Waals surface area (Å²) in [5, 5.41) is 3.59. The molecule has 0 atom stereocenters. The summed E-state index contributed by atoms with van der Waals surface area (Å²) in [5.74, 6) is -0.257. The van der Waals surface area contributed by atoms with Gasteiger partial charge in [-0.05, 0) is 84.3 Å². The molecule has 2 heterocycles. The van der Waals surface area contributed by atoms with E-state index in [2.05, 4.69) is 0 Å². The maximum Gasteiger partial charge on any atom is 0.380 e. The Labute approximate surface area is 242 Å². The molecule has 0 bridgehead atoms. The first-order valence-corrected chi connectivity index (χ1v) is 16.5. The number of hydrogen-bond acceptors (Lipinski definition) is 7. The van der Waals surface area contributed by atoms with Crippen LogP contribution in [0.15, 0.2) is 64.9 Å². The summed E-state index contributed by atoms with van der Waals surface area (Å²) in [6.07, 6.45) is 1.64. The smallest absolute Gasteiger partial charge is 0.380 e. The van der Waals surface area contributed by atoms with Crippen molar-refractivity contribution < 1.29 is 39.7 Å². The maximum atomic E-state index is 12.2. The number of oxazole rings is 1. The van der Waals surface area contributed by atoms with Gasteiger partial charge < -0.3 is 14.1 Å². The van der Waals surface area contributed by atoms with Crippen molar-refractivity contribution in [2.24, 2.45) is 0 Å². The Hall–Kier alpha value is -3.97. The van der Waals surface area contributed by atoms with Crippen LogP contribution in [-0.4, -0.2) is 38.2 Å². The van der Waals surface area contributed by atoms with Gasteiger partial charge in [0.2, 0.25) is 11.5 Å². The maximum absolute atomic E-state index is 12.2. The van der Waals surface area contributed by atoms with Crippen LogP contribution in [0.4, 0.5) is 5.69 Å². The van der Waals surface area contributed by atoms with E-state index >= 15 is 0 Å². The Balaban J connectivity index is 1.56. The average Bonchev–Trinajstić information content (AvgIpc) is 3.42. The Morgan fingerprint density at radius 3 is 2.29 bits per heavy atom. The van der Waals surface area contributed by atoms with Crippen molar-refractivity contribution in [3.63, 3.8) is 0 Å². The first-order chi connectivity index (χ1) is 19.8. The number of nitrogens with zero attached hydrogens (tertiary/aromatic N) is 2. The fraction of sp³-hybridized carbons (Fsp3) is 0.233. The Kier molecular flexibility index (Phi) is 6.76. The van der Waals surface area contributed by atoms with Gasteiger partial charge in [0.1, 0.15) is 6.08 Å². The van der Waals surface area contributed by atoms with Gasteiger partial charge in [-0.25, -0.2) is 0 Å². The molecule has 0 fully saturated rings. The van der Waals surface area contributed by atoms with E-state index in [1.54, 1.807) is 11.0 Å². The van der Waals surface area contributed by atoms with Crippen molar-refractivity contribution in [3.8, 4) is 5.75 Å². The van der Waals surface area contributed by atoms with E-state index in [1.807, 2.05) is 69.3 Å². The van der Waals surface area contributed by atoms with E-state index in [0.717, 1.165) is 43.9 Å². The highest BCUT2D eigenvalue weighted by Crippen LogP contribution is 2.44. The summed E-state index contributed by atoms with van der Waals surface area (Å²) < 4.78 is 80.4. The number of aromatic nitrogens is 1. The molecule has 0 spiro atoms. The van der Waals surface area contributed by atoms with Crippen LogP contribution in [0.1, 0.15) is 29.0 Å². The molecule has 2 N–H and O–H groups in total. The van der Waals surface area contributed by atoms with Gasteiger partial charge in [0.25, 0.3) is 21.5 Å². The third-order valence-corrected chi connectivity index (χ3v) is 9.12. The molecule has 0 saturated heterocycles. The van der Waals surface area contributed by atoms with Gasteiger partial charge in [0.05, 0.1) is 16.8 Å². The first-order valence-electron chi connectivity index (χ1n) is 13.2. The molecule has 5 aromatic rings. The highest BCUT2D eigenvalue weighted by molar-refractivity contribution is 7.85. The molecular weight excluding hydrogens is 580 g/mol. The topological polar surface area (TPSA) is 138 Å². The number of ether oxygens (including phenoxy) is 1. The first kappa shape index (κ1) is 28.2. The van der Waals surface area contributed by atoms with Gasteiger partial charge in [-0.2, -0.15) is 16.8 Å². The fourth-order valence-corrected chi connectivity index (χ4v) is 6.65. The van der Waals surface area contributed by atoms with Crippen LogP contribution in [0, 0.1) is 20.8 Å². The molecule has 0 unspecified atom stereocenters. The molecule has 1 aliphatic heterocycles. The molecule has 1 aliphatic rings. The largest absolute Gasteiger partial charge is 0.438 e. The minimum absolute atomic E-state index is 0.105. The second-order valence-corrected chi connectivity index (χ2v) is 13.6. The number of anilines is 1. The quantitative estimate of drug-likeness (QED) is 0.144. The minimum Gasteiger partial charge on any atom is -0.438 e. The highest BCUT2D eigenvalue weighted by Gasteiger charge is 2.34. The van der Waals surface area contributed by atoms with E-state index < -0.39 is 31.9 Å². The molecule has 12 heteroatoms. The van der Waals surface area contributed by atoms with Gasteiger partial charge in [-0.1, -0.05) is 30.3 Å². The van der Waals surface area contributed by atoms with Crippen LogP contribution in [0.5, 0.6) is 5.75 Å². The highest BCUT2D eigenvalue weighted by atomic mass is 32.2. The van der Waals surface area contributed by atoms with Gasteiger partial charge in [0.15, 0.2) is 5.75 Å². The van der Waals surface area contributed by atoms with Crippen molar-refractivity contribution in [2.75, 3.05) is 17.2 Å². The molecule has 0 aliphatic carbocycles. The number of benzene rings is 4. The van der Waals surface area contributed by atoms with Crippen LogP contribution in [0.25, 0.3) is 38.7 Å². The lowest BCUT2D eigenvalue weighted by molar-refractivity contribution is -0.658. The standard InChI is InChI=1S/C30H28N2O8S2/c1-18-13-26-29(20(3)19(18)2)31(11-6-12-41(33,34)35)27(40-26)16-28-32(17-42(36,37)38)30-24-15-22-8-5-4-7-21(22)14-23(24)9-10-25(30)39-28/h4-5,7-10,13-16H,6,11-12,17H2,1-3H3,(H-,33,34,35,36,37,38)/p+1. The van der Waals surface area contributed by atoms with E-state index in [1.165, 1.54) is 10.6 Å². The molecule has 0 radical (unpaired) electrons. The fourth-order valence-electron chi connectivity index (χ4n) is 5.58. The number of hydrogen-bond donors (Lipinski definition) is 2.